The van der Waals surface area contributed by atoms with Crippen LogP contribution in [0.15, 0.2) is 18.2 Å². The highest BCUT2D eigenvalue weighted by atomic mass is 28.4. The second-order valence-corrected chi connectivity index (χ2v) is 16.5. The lowest BCUT2D eigenvalue weighted by atomic mass is 9.66. The molecule has 0 amide bonds. The smallest absolute Gasteiger partial charge is 0.192 e. The summed E-state index contributed by atoms with van der Waals surface area (Å²) in [7, 11) is -1.93. The van der Waals surface area contributed by atoms with E-state index in [0.29, 0.717) is 31.0 Å². The van der Waals surface area contributed by atoms with Gasteiger partial charge in [-0.05, 0) is 74.2 Å². The Labute approximate surface area is 189 Å². The zero-order valence-electron chi connectivity index (χ0n) is 20.5. The summed E-state index contributed by atoms with van der Waals surface area (Å²) in [6.07, 6.45) is 3.53. The quantitative estimate of drug-likeness (QED) is 0.552. The number of rotatable bonds is 6. The van der Waals surface area contributed by atoms with E-state index in [4.69, 9.17) is 13.9 Å². The van der Waals surface area contributed by atoms with Crippen LogP contribution in [0, 0.1) is 31.6 Å². The molecule has 5 atom stereocenters. The molecule has 2 saturated carbocycles. The van der Waals surface area contributed by atoms with E-state index in [1.54, 1.807) is 0 Å². The molecule has 4 nitrogen and oxygen atoms in total. The van der Waals surface area contributed by atoms with E-state index in [9.17, 15) is 5.11 Å². The third-order valence-electron chi connectivity index (χ3n) is 8.70. The lowest BCUT2D eigenvalue weighted by molar-refractivity contribution is -0.272. The Morgan fingerprint density at radius 1 is 1.19 bits per heavy atom. The normalized spacial score (nSPS) is 31.0. The molecule has 1 N–H and O–H groups in total. The van der Waals surface area contributed by atoms with Crippen LogP contribution in [0.2, 0.25) is 18.1 Å². The third-order valence-corrected chi connectivity index (χ3v) is 13.2. The van der Waals surface area contributed by atoms with Gasteiger partial charge in [0.05, 0.1) is 25.4 Å². The fourth-order valence-corrected chi connectivity index (χ4v) is 7.17. The standard InChI is InChI=1S/C26H42O4Si/c1-17-8-9-19(18(2)14-17)24(30-31(6,7)25(3,4)5)11-10-20-21-16-26(28-12-13-29-26)22(21)15-23(20)27/h8-9,14,20-24,27H,10-13,15-16H2,1-7H3. The first-order chi connectivity index (χ1) is 14.4. The molecular formula is C26H42O4Si. The van der Waals surface area contributed by atoms with Gasteiger partial charge in [0.25, 0.3) is 0 Å². The number of aryl methyl sites for hydroxylation is 2. The molecule has 174 valence electrons. The van der Waals surface area contributed by atoms with Gasteiger partial charge in [0.2, 0.25) is 0 Å². The molecule has 0 bridgehead atoms. The predicted octanol–water partition coefficient (Wildman–Crippen LogP) is 5.91. The van der Waals surface area contributed by atoms with Gasteiger partial charge in [-0.3, -0.25) is 0 Å². The van der Waals surface area contributed by atoms with E-state index in [1.807, 2.05) is 0 Å². The molecular weight excluding hydrogens is 404 g/mol. The molecule has 1 aliphatic heterocycles. The minimum absolute atomic E-state index is 0.0840. The SMILES string of the molecule is Cc1ccc(C(CCC2C(O)CC3C2CC32OCCO2)O[Si](C)(C)C(C)(C)C)c(C)c1. The highest BCUT2D eigenvalue weighted by molar-refractivity contribution is 6.74. The van der Waals surface area contributed by atoms with Crippen LogP contribution in [0.3, 0.4) is 0 Å². The van der Waals surface area contributed by atoms with Crippen molar-refractivity contribution in [1.29, 1.82) is 0 Å². The van der Waals surface area contributed by atoms with Gasteiger partial charge < -0.3 is 19.0 Å². The van der Waals surface area contributed by atoms with Crippen molar-refractivity contribution in [3.8, 4) is 0 Å². The zero-order valence-corrected chi connectivity index (χ0v) is 21.5. The zero-order chi connectivity index (χ0) is 22.6. The van der Waals surface area contributed by atoms with Gasteiger partial charge in [0.15, 0.2) is 14.1 Å². The Morgan fingerprint density at radius 3 is 2.48 bits per heavy atom. The summed E-state index contributed by atoms with van der Waals surface area (Å²) >= 11 is 0. The van der Waals surface area contributed by atoms with Gasteiger partial charge in [0, 0.05) is 12.3 Å². The number of aliphatic hydroxyl groups is 1. The van der Waals surface area contributed by atoms with E-state index in [2.05, 4.69) is 65.9 Å². The lowest BCUT2D eigenvalue weighted by Gasteiger charge is -2.49. The average molecular weight is 447 g/mol. The minimum Gasteiger partial charge on any atom is -0.410 e. The second-order valence-electron chi connectivity index (χ2n) is 11.8. The minimum atomic E-state index is -1.93. The largest absolute Gasteiger partial charge is 0.410 e. The van der Waals surface area contributed by atoms with Crippen molar-refractivity contribution in [1.82, 2.24) is 0 Å². The van der Waals surface area contributed by atoms with Crippen molar-refractivity contribution in [2.75, 3.05) is 13.2 Å². The molecule has 5 unspecified atom stereocenters. The summed E-state index contributed by atoms with van der Waals surface area (Å²) in [5.74, 6) is 0.807. The molecule has 1 spiro atoms. The topological polar surface area (TPSA) is 47.9 Å². The Hall–Kier alpha value is -0.723. The van der Waals surface area contributed by atoms with E-state index in [-0.39, 0.29) is 23.0 Å². The van der Waals surface area contributed by atoms with Crippen LogP contribution < -0.4 is 0 Å². The van der Waals surface area contributed by atoms with Gasteiger partial charge in [-0.2, -0.15) is 0 Å². The lowest BCUT2D eigenvalue weighted by Crippen LogP contribution is -2.54. The maximum atomic E-state index is 10.9. The fourth-order valence-electron chi connectivity index (χ4n) is 5.86. The van der Waals surface area contributed by atoms with Gasteiger partial charge in [-0.15, -0.1) is 0 Å². The molecule has 1 aromatic carbocycles. The van der Waals surface area contributed by atoms with E-state index in [1.165, 1.54) is 16.7 Å². The maximum Gasteiger partial charge on any atom is 0.192 e. The Bertz CT molecular complexity index is 793. The Balaban J connectivity index is 1.50. The predicted molar refractivity (Wildman–Crippen MR) is 127 cm³/mol. The van der Waals surface area contributed by atoms with Crippen LogP contribution in [-0.4, -0.2) is 38.5 Å². The molecule has 3 fully saturated rings. The second kappa shape index (κ2) is 8.25. The molecule has 1 saturated heterocycles. The summed E-state index contributed by atoms with van der Waals surface area (Å²) in [5, 5.41) is 11.1. The summed E-state index contributed by atoms with van der Waals surface area (Å²) in [4.78, 5) is 0. The number of fused-ring (bicyclic) bond motifs is 2. The first-order valence-corrected chi connectivity index (χ1v) is 15.1. The van der Waals surface area contributed by atoms with Gasteiger partial charge in [-0.25, -0.2) is 0 Å². The number of ether oxygens (including phenoxy) is 2. The molecule has 1 aromatic rings. The number of aliphatic hydroxyl groups excluding tert-OH is 1. The van der Waals surface area contributed by atoms with Gasteiger partial charge in [0.1, 0.15) is 0 Å². The number of benzene rings is 1. The van der Waals surface area contributed by atoms with E-state index >= 15 is 0 Å². The number of hydrogen-bond acceptors (Lipinski definition) is 4. The fraction of sp³-hybridized carbons (Fsp3) is 0.769. The van der Waals surface area contributed by atoms with Crippen LogP contribution in [-0.2, 0) is 13.9 Å². The van der Waals surface area contributed by atoms with E-state index in [0.717, 1.165) is 25.7 Å². The van der Waals surface area contributed by atoms with Crippen molar-refractivity contribution in [2.24, 2.45) is 17.8 Å². The Morgan fingerprint density at radius 2 is 1.87 bits per heavy atom. The molecule has 0 aromatic heterocycles. The number of hydrogen-bond donors (Lipinski definition) is 1. The van der Waals surface area contributed by atoms with Crippen LogP contribution >= 0.6 is 0 Å². The molecule has 4 rings (SSSR count). The van der Waals surface area contributed by atoms with Crippen LogP contribution in [0.4, 0.5) is 0 Å². The molecule has 0 radical (unpaired) electrons. The highest BCUT2D eigenvalue weighted by Crippen LogP contribution is 2.61. The summed E-state index contributed by atoms with van der Waals surface area (Å²) in [5.41, 5.74) is 3.91. The van der Waals surface area contributed by atoms with Gasteiger partial charge >= 0.3 is 0 Å². The van der Waals surface area contributed by atoms with Crippen molar-refractivity contribution < 1.29 is 19.0 Å². The van der Waals surface area contributed by atoms with Crippen molar-refractivity contribution in [3.05, 3.63) is 34.9 Å². The highest BCUT2D eigenvalue weighted by Gasteiger charge is 2.64. The average Bonchev–Trinajstić information content (AvgIpc) is 3.24. The van der Waals surface area contributed by atoms with Gasteiger partial charge in [-0.1, -0.05) is 44.5 Å². The van der Waals surface area contributed by atoms with E-state index < -0.39 is 8.32 Å². The maximum absolute atomic E-state index is 10.9. The summed E-state index contributed by atoms with van der Waals surface area (Å²) < 4.78 is 18.9. The molecule has 2 aliphatic carbocycles. The first kappa shape index (κ1) is 23.4. The monoisotopic (exact) mass is 446 g/mol. The van der Waals surface area contributed by atoms with Crippen LogP contribution in [0.25, 0.3) is 0 Å². The molecule has 3 aliphatic rings. The van der Waals surface area contributed by atoms with Crippen molar-refractivity contribution >= 4 is 8.32 Å². The summed E-state index contributed by atoms with van der Waals surface area (Å²) in [6, 6.07) is 6.73. The molecule has 31 heavy (non-hydrogen) atoms. The van der Waals surface area contributed by atoms with Crippen molar-refractivity contribution in [2.45, 2.75) is 96.4 Å². The van der Waals surface area contributed by atoms with Crippen LogP contribution in [0.1, 0.15) is 69.2 Å². The molecule has 1 heterocycles. The summed E-state index contributed by atoms with van der Waals surface area (Å²) in [6.45, 7) is 17.3. The molecule has 5 heteroatoms. The van der Waals surface area contributed by atoms with Crippen molar-refractivity contribution in [3.63, 3.8) is 0 Å². The third kappa shape index (κ3) is 4.29. The van der Waals surface area contributed by atoms with Crippen LogP contribution in [0.5, 0.6) is 0 Å². The Kier molecular flexibility index (Phi) is 6.23. The first-order valence-electron chi connectivity index (χ1n) is 12.1.